The van der Waals surface area contributed by atoms with Crippen molar-refractivity contribution in [1.29, 1.82) is 0 Å². The molecule has 0 bridgehead atoms. The number of fused-ring (bicyclic) bond motifs is 1. The van der Waals surface area contributed by atoms with Crippen LogP contribution in [0.25, 0.3) is 5.65 Å². The second-order valence-electron chi connectivity index (χ2n) is 7.35. The van der Waals surface area contributed by atoms with Crippen LogP contribution in [0.15, 0.2) is 53.7 Å². The van der Waals surface area contributed by atoms with Crippen molar-refractivity contribution in [1.82, 2.24) is 35.4 Å². The van der Waals surface area contributed by atoms with Gasteiger partial charge in [-0.05, 0) is 50.8 Å². The summed E-state index contributed by atoms with van der Waals surface area (Å²) in [5.74, 6) is 1.41. The third-order valence-electron chi connectivity index (χ3n) is 4.60. The summed E-state index contributed by atoms with van der Waals surface area (Å²) in [6.07, 6.45) is 1.94. The molecule has 2 heterocycles. The number of amides is 1. The zero-order valence-corrected chi connectivity index (χ0v) is 18.3. The van der Waals surface area contributed by atoms with Crippen LogP contribution in [0, 0.1) is 0 Å². The lowest BCUT2D eigenvalue weighted by molar-refractivity contribution is 0.0951. The SMILES string of the molecule is CCNC(=NCc1cccc(C(=O)NCCN(C)C)c1)NCc1nnc2ccccn12. The molecule has 3 rings (SSSR count). The fourth-order valence-electron chi connectivity index (χ4n) is 2.99. The first-order chi connectivity index (χ1) is 15.1. The Bertz CT molecular complexity index is 1030. The lowest BCUT2D eigenvalue weighted by Gasteiger charge is -2.12. The first-order valence-corrected chi connectivity index (χ1v) is 10.4. The molecule has 1 aromatic carbocycles. The van der Waals surface area contributed by atoms with Crippen molar-refractivity contribution in [2.24, 2.45) is 4.99 Å². The molecule has 0 atom stereocenters. The molecule has 0 aliphatic carbocycles. The summed E-state index contributed by atoms with van der Waals surface area (Å²) >= 11 is 0. The normalized spacial score (nSPS) is 11.7. The van der Waals surface area contributed by atoms with Gasteiger partial charge < -0.3 is 20.9 Å². The molecule has 0 saturated carbocycles. The Labute approximate surface area is 182 Å². The monoisotopic (exact) mass is 422 g/mol. The topological polar surface area (TPSA) is 99.0 Å². The van der Waals surface area contributed by atoms with E-state index in [1.165, 1.54) is 0 Å². The van der Waals surface area contributed by atoms with E-state index in [-0.39, 0.29) is 5.91 Å². The van der Waals surface area contributed by atoms with Crippen molar-refractivity contribution < 1.29 is 4.79 Å². The summed E-state index contributed by atoms with van der Waals surface area (Å²) in [4.78, 5) is 19.0. The van der Waals surface area contributed by atoms with Gasteiger partial charge >= 0.3 is 0 Å². The Morgan fingerprint density at radius 2 is 1.97 bits per heavy atom. The lowest BCUT2D eigenvalue weighted by Crippen LogP contribution is -2.37. The number of benzene rings is 1. The first-order valence-electron chi connectivity index (χ1n) is 10.4. The van der Waals surface area contributed by atoms with Gasteiger partial charge in [0.15, 0.2) is 17.4 Å². The zero-order chi connectivity index (χ0) is 22.1. The molecule has 164 valence electrons. The van der Waals surface area contributed by atoms with E-state index in [9.17, 15) is 4.79 Å². The van der Waals surface area contributed by atoms with E-state index in [0.717, 1.165) is 30.1 Å². The number of hydrogen-bond donors (Lipinski definition) is 3. The molecule has 2 aromatic heterocycles. The highest BCUT2D eigenvalue weighted by molar-refractivity contribution is 5.94. The number of pyridine rings is 1. The highest BCUT2D eigenvalue weighted by Crippen LogP contribution is 2.07. The molecule has 3 aromatic rings. The number of carbonyl (C=O) groups is 1. The predicted octanol–water partition coefficient (Wildman–Crippen LogP) is 1.28. The summed E-state index contributed by atoms with van der Waals surface area (Å²) in [5.41, 5.74) is 2.41. The molecular weight excluding hydrogens is 392 g/mol. The van der Waals surface area contributed by atoms with Gasteiger partial charge in [0.2, 0.25) is 0 Å². The molecule has 0 fully saturated rings. The fourth-order valence-corrected chi connectivity index (χ4v) is 2.99. The van der Waals surface area contributed by atoms with Crippen LogP contribution < -0.4 is 16.0 Å². The van der Waals surface area contributed by atoms with E-state index in [4.69, 9.17) is 0 Å². The second-order valence-corrected chi connectivity index (χ2v) is 7.35. The molecule has 9 nitrogen and oxygen atoms in total. The molecule has 0 spiro atoms. The van der Waals surface area contributed by atoms with Gasteiger partial charge in [-0.1, -0.05) is 18.2 Å². The van der Waals surface area contributed by atoms with E-state index < -0.39 is 0 Å². The predicted molar refractivity (Wildman–Crippen MR) is 122 cm³/mol. The van der Waals surface area contributed by atoms with Gasteiger partial charge in [-0.3, -0.25) is 9.20 Å². The molecule has 0 radical (unpaired) electrons. The number of rotatable bonds is 9. The average Bonchev–Trinajstić information content (AvgIpc) is 3.19. The number of guanidine groups is 1. The molecule has 31 heavy (non-hydrogen) atoms. The second kappa shape index (κ2) is 11.1. The Hall–Kier alpha value is -3.46. The minimum Gasteiger partial charge on any atom is -0.357 e. The smallest absolute Gasteiger partial charge is 0.251 e. The number of likely N-dealkylation sites (N-methyl/N-ethyl adjacent to an activating group) is 1. The maximum absolute atomic E-state index is 12.4. The molecule has 0 aliphatic rings. The van der Waals surface area contributed by atoms with Crippen LogP contribution in [0.3, 0.4) is 0 Å². The number of aliphatic imine (C=N–C) groups is 1. The number of hydrogen-bond acceptors (Lipinski definition) is 5. The summed E-state index contributed by atoms with van der Waals surface area (Å²) < 4.78 is 1.94. The van der Waals surface area contributed by atoms with Crippen LogP contribution >= 0.6 is 0 Å². The molecule has 0 saturated heterocycles. The van der Waals surface area contributed by atoms with E-state index in [2.05, 4.69) is 31.1 Å². The van der Waals surface area contributed by atoms with Crippen molar-refractivity contribution in [2.75, 3.05) is 33.7 Å². The average molecular weight is 423 g/mol. The van der Waals surface area contributed by atoms with Crippen molar-refractivity contribution in [3.63, 3.8) is 0 Å². The zero-order valence-electron chi connectivity index (χ0n) is 18.3. The van der Waals surface area contributed by atoms with Crippen molar-refractivity contribution in [3.8, 4) is 0 Å². The minimum atomic E-state index is -0.0728. The van der Waals surface area contributed by atoms with Crippen LogP contribution in [0.4, 0.5) is 0 Å². The van der Waals surface area contributed by atoms with Crippen molar-refractivity contribution >= 4 is 17.5 Å². The standard InChI is InChI=1S/C22H30N8O/c1-4-23-22(26-16-20-28-27-19-10-5-6-12-30(19)20)25-15-17-8-7-9-18(14-17)21(31)24-11-13-29(2)3/h5-10,12,14H,4,11,13,15-16H2,1-3H3,(H,24,31)(H2,23,25,26). The Morgan fingerprint density at radius 3 is 2.77 bits per heavy atom. The molecule has 0 unspecified atom stereocenters. The number of nitrogens with one attached hydrogen (secondary N) is 3. The van der Waals surface area contributed by atoms with Gasteiger partial charge in [-0.25, -0.2) is 4.99 Å². The number of aromatic nitrogens is 3. The lowest BCUT2D eigenvalue weighted by atomic mass is 10.1. The van der Waals surface area contributed by atoms with Crippen LogP contribution in [0.5, 0.6) is 0 Å². The fraction of sp³-hybridized carbons (Fsp3) is 0.364. The van der Waals surface area contributed by atoms with Crippen LogP contribution in [0.1, 0.15) is 28.7 Å². The van der Waals surface area contributed by atoms with Crippen molar-refractivity contribution in [3.05, 3.63) is 65.6 Å². The maximum Gasteiger partial charge on any atom is 0.251 e. The van der Waals surface area contributed by atoms with Gasteiger partial charge in [0, 0.05) is 31.4 Å². The van der Waals surface area contributed by atoms with Crippen LogP contribution in [-0.2, 0) is 13.1 Å². The van der Waals surface area contributed by atoms with E-state index in [1.54, 1.807) is 0 Å². The van der Waals surface area contributed by atoms with Gasteiger partial charge in [-0.2, -0.15) is 0 Å². The van der Waals surface area contributed by atoms with Crippen LogP contribution in [-0.4, -0.2) is 65.1 Å². The van der Waals surface area contributed by atoms with E-state index in [1.807, 2.05) is 79.0 Å². The quantitative estimate of drug-likeness (QED) is 0.355. The Balaban J connectivity index is 1.61. The molecule has 3 N–H and O–H groups in total. The van der Waals surface area contributed by atoms with Gasteiger partial charge in [0.25, 0.3) is 5.91 Å². The Morgan fingerprint density at radius 1 is 1.10 bits per heavy atom. The van der Waals surface area contributed by atoms with Crippen molar-refractivity contribution in [2.45, 2.75) is 20.0 Å². The third kappa shape index (κ3) is 6.51. The van der Waals surface area contributed by atoms with Gasteiger partial charge in [-0.15, -0.1) is 10.2 Å². The highest BCUT2D eigenvalue weighted by atomic mass is 16.1. The summed E-state index contributed by atoms with van der Waals surface area (Å²) in [6.45, 7) is 5.11. The summed E-state index contributed by atoms with van der Waals surface area (Å²) in [5, 5.41) is 17.9. The number of nitrogens with zero attached hydrogens (tertiary/aromatic N) is 5. The summed E-state index contributed by atoms with van der Waals surface area (Å²) in [7, 11) is 3.96. The van der Waals surface area contributed by atoms with E-state index >= 15 is 0 Å². The first kappa shape index (κ1) is 22.2. The van der Waals surface area contributed by atoms with E-state index in [0.29, 0.717) is 31.2 Å². The van der Waals surface area contributed by atoms with Crippen LogP contribution in [0.2, 0.25) is 0 Å². The Kier molecular flexibility index (Phi) is 7.94. The highest BCUT2D eigenvalue weighted by Gasteiger charge is 2.08. The largest absolute Gasteiger partial charge is 0.357 e. The molecule has 0 aliphatic heterocycles. The third-order valence-corrected chi connectivity index (χ3v) is 4.60. The summed E-state index contributed by atoms with van der Waals surface area (Å²) in [6, 6.07) is 13.3. The van der Waals surface area contributed by atoms with Gasteiger partial charge in [0.05, 0.1) is 13.1 Å². The van der Waals surface area contributed by atoms with Gasteiger partial charge in [0.1, 0.15) is 0 Å². The molecule has 9 heteroatoms. The number of carbonyl (C=O) groups excluding carboxylic acids is 1. The minimum absolute atomic E-state index is 0.0728. The molecule has 1 amide bonds. The molecular formula is C22H30N8O. The maximum atomic E-state index is 12.4.